The molecule has 19 heavy (non-hydrogen) atoms. The average Bonchev–Trinajstić information content (AvgIpc) is 2.99. The molecule has 5 nitrogen and oxygen atoms in total. The number of rotatable bonds is 7. The number of sulfonamides is 1. The van der Waals surface area contributed by atoms with Crippen molar-refractivity contribution >= 4 is 10.0 Å². The van der Waals surface area contributed by atoms with Crippen LogP contribution in [0, 0.1) is 5.92 Å². The molecule has 112 valence electrons. The Morgan fingerprint density at radius 3 is 2.63 bits per heavy atom. The Labute approximate surface area is 116 Å². The van der Waals surface area contributed by atoms with Gasteiger partial charge in [0.25, 0.3) is 0 Å². The van der Waals surface area contributed by atoms with Crippen molar-refractivity contribution in [1.82, 2.24) is 10.0 Å². The van der Waals surface area contributed by atoms with E-state index in [-0.39, 0.29) is 11.3 Å². The maximum atomic E-state index is 12.1. The van der Waals surface area contributed by atoms with Crippen LogP contribution in [-0.2, 0) is 14.8 Å². The third-order valence-corrected chi connectivity index (χ3v) is 5.81. The van der Waals surface area contributed by atoms with E-state index in [0.29, 0.717) is 19.1 Å². The molecule has 1 aliphatic carbocycles. The van der Waals surface area contributed by atoms with E-state index < -0.39 is 10.0 Å². The fraction of sp³-hybridized carbons (Fsp3) is 1.00. The fourth-order valence-corrected chi connectivity index (χ4v) is 4.83. The van der Waals surface area contributed by atoms with Crippen LogP contribution in [0.1, 0.15) is 38.5 Å². The normalized spacial score (nSPS) is 29.1. The van der Waals surface area contributed by atoms with Crippen molar-refractivity contribution in [3.63, 3.8) is 0 Å². The van der Waals surface area contributed by atoms with Gasteiger partial charge in [-0.1, -0.05) is 12.8 Å². The molecule has 0 aromatic heterocycles. The molecule has 0 radical (unpaired) electrons. The summed E-state index contributed by atoms with van der Waals surface area (Å²) in [5.41, 5.74) is -0.211. The molecule has 1 unspecified atom stereocenters. The Kier molecular flexibility index (Phi) is 5.22. The first-order valence-electron chi connectivity index (χ1n) is 7.27. The van der Waals surface area contributed by atoms with Crippen LogP contribution in [0.2, 0.25) is 0 Å². The molecule has 2 aliphatic rings. The average molecular weight is 290 g/mol. The maximum absolute atomic E-state index is 12.1. The van der Waals surface area contributed by atoms with Gasteiger partial charge in [0.05, 0.1) is 17.9 Å². The quantitative estimate of drug-likeness (QED) is 0.730. The van der Waals surface area contributed by atoms with Crippen molar-refractivity contribution in [2.24, 2.45) is 5.92 Å². The van der Waals surface area contributed by atoms with Crippen LogP contribution in [0.25, 0.3) is 0 Å². The first-order chi connectivity index (χ1) is 9.05. The molecule has 0 bridgehead atoms. The highest BCUT2D eigenvalue weighted by atomic mass is 32.2. The van der Waals surface area contributed by atoms with Crippen LogP contribution in [0.15, 0.2) is 0 Å². The maximum Gasteiger partial charge on any atom is 0.211 e. The molecule has 1 atom stereocenters. The largest absolute Gasteiger partial charge is 0.383 e. The molecule has 0 spiro atoms. The van der Waals surface area contributed by atoms with E-state index in [1.165, 1.54) is 12.8 Å². The van der Waals surface area contributed by atoms with Gasteiger partial charge in [-0.2, -0.15) is 0 Å². The van der Waals surface area contributed by atoms with Crippen molar-refractivity contribution < 1.29 is 13.2 Å². The number of methoxy groups -OCH3 is 1. The zero-order valence-electron chi connectivity index (χ0n) is 11.8. The van der Waals surface area contributed by atoms with Crippen LogP contribution < -0.4 is 10.0 Å². The fourth-order valence-electron chi connectivity index (χ4n) is 3.26. The molecular weight excluding hydrogens is 264 g/mol. The molecule has 2 fully saturated rings. The van der Waals surface area contributed by atoms with E-state index in [0.717, 1.165) is 32.2 Å². The van der Waals surface area contributed by atoms with Gasteiger partial charge in [-0.25, -0.2) is 13.1 Å². The molecule has 1 aliphatic heterocycles. The molecule has 1 heterocycles. The van der Waals surface area contributed by atoms with Crippen LogP contribution >= 0.6 is 0 Å². The van der Waals surface area contributed by atoms with Gasteiger partial charge in [0.15, 0.2) is 0 Å². The summed E-state index contributed by atoms with van der Waals surface area (Å²) in [5, 5.41) is 3.39. The predicted molar refractivity (Wildman–Crippen MR) is 75.6 cm³/mol. The van der Waals surface area contributed by atoms with Crippen molar-refractivity contribution in [3.8, 4) is 0 Å². The third kappa shape index (κ3) is 4.41. The highest BCUT2D eigenvalue weighted by Crippen LogP contribution is 2.26. The molecule has 0 aromatic rings. The lowest BCUT2D eigenvalue weighted by Gasteiger charge is -2.29. The summed E-state index contributed by atoms with van der Waals surface area (Å²) >= 11 is 0. The summed E-state index contributed by atoms with van der Waals surface area (Å²) < 4.78 is 32.2. The summed E-state index contributed by atoms with van der Waals surface area (Å²) in [6.45, 7) is 1.93. The lowest BCUT2D eigenvalue weighted by Crippen LogP contribution is -2.53. The molecule has 1 saturated heterocycles. The minimum atomic E-state index is -3.15. The number of hydrogen-bond donors (Lipinski definition) is 2. The SMILES string of the molecule is COCC1(CNS(=O)(=O)CC2CCCC2)CCCN1. The van der Waals surface area contributed by atoms with Gasteiger partial charge < -0.3 is 10.1 Å². The Bertz CT molecular complexity index is 371. The zero-order chi connectivity index (χ0) is 13.8. The molecule has 1 saturated carbocycles. The highest BCUT2D eigenvalue weighted by molar-refractivity contribution is 7.89. The molecule has 0 aromatic carbocycles. The van der Waals surface area contributed by atoms with Gasteiger partial charge in [-0.05, 0) is 38.1 Å². The smallest absolute Gasteiger partial charge is 0.211 e. The van der Waals surface area contributed by atoms with E-state index in [2.05, 4.69) is 10.0 Å². The standard InChI is InChI=1S/C13H26N2O3S/c1-18-11-13(7-4-8-14-13)10-15-19(16,17)9-12-5-2-3-6-12/h12,14-15H,2-11H2,1H3. The summed E-state index contributed by atoms with van der Waals surface area (Å²) in [6.07, 6.45) is 6.51. The van der Waals surface area contributed by atoms with E-state index in [1.54, 1.807) is 7.11 Å². The Morgan fingerprint density at radius 1 is 1.32 bits per heavy atom. The van der Waals surface area contributed by atoms with E-state index >= 15 is 0 Å². The van der Waals surface area contributed by atoms with Gasteiger partial charge >= 0.3 is 0 Å². The van der Waals surface area contributed by atoms with E-state index in [9.17, 15) is 8.42 Å². The topological polar surface area (TPSA) is 67.4 Å². The summed E-state index contributed by atoms with van der Waals surface area (Å²) in [7, 11) is -1.49. The first-order valence-corrected chi connectivity index (χ1v) is 8.92. The monoisotopic (exact) mass is 290 g/mol. The van der Waals surface area contributed by atoms with Crippen LogP contribution in [0.4, 0.5) is 0 Å². The van der Waals surface area contributed by atoms with Gasteiger partial charge in [-0.3, -0.25) is 0 Å². The second kappa shape index (κ2) is 6.52. The Balaban J connectivity index is 1.85. The Hall–Kier alpha value is -0.170. The molecular formula is C13H26N2O3S. The van der Waals surface area contributed by atoms with Crippen molar-refractivity contribution in [2.75, 3.05) is 32.6 Å². The van der Waals surface area contributed by atoms with E-state index in [4.69, 9.17) is 4.74 Å². The van der Waals surface area contributed by atoms with E-state index in [1.807, 2.05) is 0 Å². The minimum absolute atomic E-state index is 0.211. The van der Waals surface area contributed by atoms with Crippen molar-refractivity contribution in [3.05, 3.63) is 0 Å². The molecule has 0 amide bonds. The number of nitrogens with one attached hydrogen (secondary N) is 2. The molecule has 6 heteroatoms. The van der Waals surface area contributed by atoms with Gasteiger partial charge in [0, 0.05) is 13.7 Å². The zero-order valence-corrected chi connectivity index (χ0v) is 12.6. The minimum Gasteiger partial charge on any atom is -0.383 e. The van der Waals surface area contributed by atoms with Crippen LogP contribution in [0.3, 0.4) is 0 Å². The lowest BCUT2D eigenvalue weighted by molar-refractivity contribution is 0.122. The number of hydrogen-bond acceptors (Lipinski definition) is 4. The number of ether oxygens (including phenoxy) is 1. The van der Waals surface area contributed by atoms with Gasteiger partial charge in [0.2, 0.25) is 10.0 Å². The second-order valence-electron chi connectivity index (χ2n) is 6.00. The van der Waals surface area contributed by atoms with Crippen LogP contribution in [0.5, 0.6) is 0 Å². The summed E-state index contributed by atoms with van der Waals surface area (Å²) in [4.78, 5) is 0. The second-order valence-corrected chi connectivity index (χ2v) is 7.85. The lowest BCUT2D eigenvalue weighted by atomic mass is 9.99. The third-order valence-electron chi connectivity index (χ3n) is 4.31. The molecule has 2 N–H and O–H groups in total. The van der Waals surface area contributed by atoms with Gasteiger partial charge in [0.1, 0.15) is 0 Å². The van der Waals surface area contributed by atoms with Crippen molar-refractivity contribution in [1.29, 1.82) is 0 Å². The molecule has 2 rings (SSSR count). The predicted octanol–water partition coefficient (Wildman–Crippen LogP) is 0.865. The van der Waals surface area contributed by atoms with Crippen LogP contribution in [-0.4, -0.2) is 46.5 Å². The van der Waals surface area contributed by atoms with Crippen molar-refractivity contribution in [2.45, 2.75) is 44.1 Å². The highest BCUT2D eigenvalue weighted by Gasteiger charge is 2.35. The summed E-state index contributed by atoms with van der Waals surface area (Å²) in [5.74, 6) is 0.642. The Morgan fingerprint density at radius 2 is 2.05 bits per heavy atom. The first kappa shape index (κ1) is 15.2. The van der Waals surface area contributed by atoms with Gasteiger partial charge in [-0.15, -0.1) is 0 Å². The summed E-state index contributed by atoms with van der Waals surface area (Å²) in [6, 6.07) is 0.